The van der Waals surface area contributed by atoms with Crippen molar-refractivity contribution >= 4 is 5.52 Å². The van der Waals surface area contributed by atoms with Gasteiger partial charge in [0.05, 0.1) is 12.2 Å². The van der Waals surface area contributed by atoms with Gasteiger partial charge in [-0.05, 0) is 42.0 Å². The first-order valence-corrected chi connectivity index (χ1v) is 8.41. The summed E-state index contributed by atoms with van der Waals surface area (Å²) in [6.45, 7) is 0.492. The third-order valence-electron chi connectivity index (χ3n) is 4.51. The Morgan fingerprint density at radius 1 is 1.04 bits per heavy atom. The molecule has 134 valence electrons. The second-order valence-electron chi connectivity index (χ2n) is 6.29. The minimum Gasteiger partial charge on any atom is -0.454 e. The second kappa shape index (κ2) is 5.98. The first-order valence-electron chi connectivity index (χ1n) is 8.41. The van der Waals surface area contributed by atoms with Crippen LogP contribution < -0.4 is 15.0 Å². The number of aromatic nitrogens is 3. The predicted octanol–water partition coefficient (Wildman–Crippen LogP) is 3.08. The number of benzene rings is 2. The van der Waals surface area contributed by atoms with Gasteiger partial charge in [-0.2, -0.15) is 5.10 Å². The van der Waals surface area contributed by atoms with Crippen molar-refractivity contribution < 1.29 is 13.9 Å². The van der Waals surface area contributed by atoms with Crippen molar-refractivity contribution in [3.63, 3.8) is 0 Å². The van der Waals surface area contributed by atoms with Crippen LogP contribution in [0.25, 0.3) is 16.8 Å². The quantitative estimate of drug-likeness (QED) is 0.561. The molecule has 0 saturated carbocycles. The van der Waals surface area contributed by atoms with Gasteiger partial charge in [-0.1, -0.05) is 12.1 Å². The Morgan fingerprint density at radius 2 is 1.93 bits per heavy atom. The van der Waals surface area contributed by atoms with Gasteiger partial charge in [-0.25, -0.2) is 8.91 Å². The van der Waals surface area contributed by atoms with E-state index in [1.54, 1.807) is 35.1 Å². The van der Waals surface area contributed by atoms with Crippen LogP contribution in [0.2, 0.25) is 0 Å². The summed E-state index contributed by atoms with van der Waals surface area (Å²) in [5.41, 5.74) is 2.47. The zero-order valence-corrected chi connectivity index (χ0v) is 14.1. The minimum absolute atomic E-state index is 0.193. The third-order valence-corrected chi connectivity index (χ3v) is 4.51. The molecule has 5 rings (SSSR count). The summed E-state index contributed by atoms with van der Waals surface area (Å²) in [6, 6.07) is 13.5. The van der Waals surface area contributed by atoms with E-state index >= 15 is 0 Å². The van der Waals surface area contributed by atoms with Crippen LogP contribution in [-0.4, -0.2) is 21.0 Å². The molecule has 3 heterocycles. The van der Waals surface area contributed by atoms with Gasteiger partial charge in [-0.15, -0.1) is 0 Å². The average molecular weight is 363 g/mol. The highest BCUT2D eigenvalue weighted by Gasteiger charge is 2.16. The van der Waals surface area contributed by atoms with Crippen molar-refractivity contribution in [1.82, 2.24) is 14.2 Å². The molecule has 0 bridgehead atoms. The predicted molar refractivity (Wildman–Crippen MR) is 96.5 cm³/mol. The summed E-state index contributed by atoms with van der Waals surface area (Å²) in [5, 5.41) is 4.48. The lowest BCUT2D eigenvalue weighted by molar-refractivity contribution is 0.174. The Labute approximate surface area is 153 Å². The largest absolute Gasteiger partial charge is 0.454 e. The number of fused-ring (bicyclic) bond motifs is 2. The molecular weight excluding hydrogens is 349 g/mol. The van der Waals surface area contributed by atoms with E-state index in [1.807, 2.05) is 18.2 Å². The van der Waals surface area contributed by atoms with Crippen molar-refractivity contribution in [3.05, 3.63) is 82.7 Å². The highest BCUT2D eigenvalue weighted by Crippen LogP contribution is 2.35. The lowest BCUT2D eigenvalue weighted by Gasteiger charge is -2.06. The number of hydrogen-bond acceptors (Lipinski definition) is 4. The van der Waals surface area contributed by atoms with Gasteiger partial charge in [-0.3, -0.25) is 4.79 Å². The van der Waals surface area contributed by atoms with Gasteiger partial charge >= 0.3 is 0 Å². The summed E-state index contributed by atoms with van der Waals surface area (Å²) in [5.74, 6) is 1.03. The van der Waals surface area contributed by atoms with Gasteiger partial charge < -0.3 is 14.0 Å². The van der Waals surface area contributed by atoms with Gasteiger partial charge in [0.2, 0.25) is 6.79 Å². The summed E-state index contributed by atoms with van der Waals surface area (Å²) >= 11 is 0. The summed E-state index contributed by atoms with van der Waals surface area (Å²) < 4.78 is 27.2. The average Bonchev–Trinajstić information content (AvgIpc) is 3.30. The van der Waals surface area contributed by atoms with E-state index in [2.05, 4.69) is 5.10 Å². The monoisotopic (exact) mass is 363 g/mol. The molecular formula is C20H14FN3O3. The molecule has 0 radical (unpaired) electrons. The number of hydrogen-bond donors (Lipinski definition) is 0. The molecule has 0 amide bonds. The Morgan fingerprint density at radius 3 is 2.81 bits per heavy atom. The van der Waals surface area contributed by atoms with E-state index in [4.69, 9.17) is 9.47 Å². The highest BCUT2D eigenvalue weighted by molar-refractivity contribution is 5.68. The first kappa shape index (κ1) is 15.6. The van der Waals surface area contributed by atoms with Crippen LogP contribution in [0.1, 0.15) is 5.56 Å². The molecule has 2 aromatic carbocycles. The van der Waals surface area contributed by atoms with E-state index in [9.17, 15) is 9.18 Å². The normalized spacial score (nSPS) is 12.6. The van der Waals surface area contributed by atoms with E-state index in [1.165, 1.54) is 16.7 Å². The van der Waals surface area contributed by atoms with E-state index in [0.717, 1.165) is 11.1 Å². The maximum Gasteiger partial charge on any atom is 0.276 e. The van der Waals surface area contributed by atoms with Crippen molar-refractivity contribution in [3.8, 4) is 22.8 Å². The van der Waals surface area contributed by atoms with Crippen LogP contribution >= 0.6 is 0 Å². The third kappa shape index (κ3) is 2.73. The topological polar surface area (TPSA) is 57.8 Å². The van der Waals surface area contributed by atoms with Crippen molar-refractivity contribution in [2.75, 3.05) is 6.79 Å². The fourth-order valence-corrected chi connectivity index (χ4v) is 3.18. The SMILES string of the molecule is O=c1c2cc(-c3ccc4c(c3)OCO4)nn2ccn1Cc1cccc(F)c1. The smallest absolute Gasteiger partial charge is 0.276 e. The fourth-order valence-electron chi connectivity index (χ4n) is 3.18. The van der Waals surface area contributed by atoms with Gasteiger partial charge in [0, 0.05) is 18.0 Å². The molecule has 0 fully saturated rings. The van der Waals surface area contributed by atoms with Crippen LogP contribution in [0.4, 0.5) is 4.39 Å². The van der Waals surface area contributed by atoms with Gasteiger partial charge in [0.25, 0.3) is 5.56 Å². The minimum atomic E-state index is -0.323. The van der Waals surface area contributed by atoms with Crippen LogP contribution in [0.15, 0.2) is 65.7 Å². The Kier molecular flexibility index (Phi) is 3.46. The molecule has 27 heavy (non-hydrogen) atoms. The van der Waals surface area contributed by atoms with Gasteiger partial charge in [0.15, 0.2) is 11.5 Å². The van der Waals surface area contributed by atoms with Gasteiger partial charge in [0.1, 0.15) is 11.3 Å². The first-order chi connectivity index (χ1) is 13.2. The number of ether oxygens (including phenoxy) is 2. The summed E-state index contributed by atoms with van der Waals surface area (Å²) in [6.07, 6.45) is 3.36. The van der Waals surface area contributed by atoms with Crippen LogP contribution in [0.5, 0.6) is 11.5 Å². The molecule has 6 nitrogen and oxygen atoms in total. The highest BCUT2D eigenvalue weighted by atomic mass is 19.1. The fraction of sp³-hybridized carbons (Fsp3) is 0.100. The molecule has 1 aliphatic rings. The Hall–Kier alpha value is -3.61. The molecule has 7 heteroatoms. The van der Waals surface area contributed by atoms with Crippen LogP contribution in [0, 0.1) is 5.82 Å². The molecule has 0 atom stereocenters. The number of halogens is 1. The molecule has 4 aromatic rings. The van der Waals surface area contributed by atoms with E-state index in [0.29, 0.717) is 22.7 Å². The zero-order chi connectivity index (χ0) is 18.4. The lowest BCUT2D eigenvalue weighted by atomic mass is 10.1. The number of nitrogens with zero attached hydrogens (tertiary/aromatic N) is 3. The zero-order valence-electron chi connectivity index (χ0n) is 14.1. The maximum absolute atomic E-state index is 13.4. The van der Waals surface area contributed by atoms with Crippen molar-refractivity contribution in [2.24, 2.45) is 0 Å². The molecule has 0 aliphatic carbocycles. The van der Waals surface area contributed by atoms with Crippen molar-refractivity contribution in [2.45, 2.75) is 6.54 Å². The summed E-state index contributed by atoms with van der Waals surface area (Å²) in [7, 11) is 0. The molecule has 0 N–H and O–H groups in total. The van der Waals surface area contributed by atoms with E-state index < -0.39 is 0 Å². The van der Waals surface area contributed by atoms with Crippen molar-refractivity contribution in [1.29, 1.82) is 0 Å². The molecule has 0 spiro atoms. The second-order valence-corrected chi connectivity index (χ2v) is 6.29. The maximum atomic E-state index is 13.4. The molecule has 2 aromatic heterocycles. The Bertz CT molecular complexity index is 1230. The molecule has 1 aliphatic heterocycles. The number of rotatable bonds is 3. The van der Waals surface area contributed by atoms with Crippen LogP contribution in [-0.2, 0) is 6.54 Å². The summed E-state index contributed by atoms with van der Waals surface area (Å²) in [4.78, 5) is 12.8. The standard InChI is InChI=1S/C20H14FN3O3/c21-15-3-1-2-13(8-15)11-23-6-7-24-17(20(23)25)10-16(22-24)14-4-5-18-19(9-14)27-12-26-18/h1-10H,11-12H2. The molecule has 0 unspecified atom stereocenters. The van der Waals surface area contributed by atoms with Crippen LogP contribution in [0.3, 0.4) is 0 Å². The van der Waals surface area contributed by atoms with E-state index in [-0.39, 0.29) is 24.7 Å². The Balaban J connectivity index is 1.54. The lowest BCUT2D eigenvalue weighted by Crippen LogP contribution is -2.21. The molecule has 0 saturated heterocycles.